The van der Waals surface area contributed by atoms with Gasteiger partial charge in [-0.15, -0.1) is 0 Å². The molecule has 0 radical (unpaired) electrons. The highest BCUT2D eigenvalue weighted by atomic mass is 16.1. The number of aryl methyl sites for hydroxylation is 1. The van der Waals surface area contributed by atoms with Gasteiger partial charge in [-0.05, 0) is 36.2 Å². The first kappa shape index (κ1) is 14.9. The van der Waals surface area contributed by atoms with E-state index in [2.05, 4.69) is 5.32 Å². The van der Waals surface area contributed by atoms with E-state index in [0.29, 0.717) is 17.8 Å². The van der Waals surface area contributed by atoms with E-state index < -0.39 is 0 Å². The van der Waals surface area contributed by atoms with E-state index in [4.69, 9.17) is 5.73 Å². The van der Waals surface area contributed by atoms with Crippen LogP contribution < -0.4 is 16.0 Å². The van der Waals surface area contributed by atoms with Crippen LogP contribution in [0.25, 0.3) is 0 Å². The Balaban J connectivity index is 2.17. The molecule has 4 nitrogen and oxygen atoms in total. The first-order valence-corrected chi connectivity index (χ1v) is 6.88. The molecule has 2 rings (SSSR count). The van der Waals surface area contributed by atoms with Gasteiger partial charge in [0.05, 0.1) is 5.56 Å². The van der Waals surface area contributed by atoms with Crippen molar-refractivity contribution in [3.8, 4) is 0 Å². The molecule has 0 aromatic heterocycles. The Labute approximate surface area is 125 Å². The van der Waals surface area contributed by atoms with Gasteiger partial charge in [0.15, 0.2) is 0 Å². The summed E-state index contributed by atoms with van der Waals surface area (Å²) in [5.41, 5.74) is 10.1. The lowest BCUT2D eigenvalue weighted by molar-refractivity contribution is 0.0951. The van der Waals surface area contributed by atoms with Gasteiger partial charge in [0.1, 0.15) is 0 Å². The van der Waals surface area contributed by atoms with Crippen LogP contribution in [0.3, 0.4) is 0 Å². The number of amides is 1. The highest BCUT2D eigenvalue weighted by molar-refractivity contribution is 6.00. The van der Waals surface area contributed by atoms with Gasteiger partial charge < -0.3 is 16.0 Å². The second-order valence-electron chi connectivity index (χ2n) is 5.28. The second-order valence-corrected chi connectivity index (χ2v) is 5.28. The molecular formula is C17H21N3O. The van der Waals surface area contributed by atoms with Crippen molar-refractivity contribution in [2.24, 2.45) is 0 Å². The first-order chi connectivity index (χ1) is 9.99. The van der Waals surface area contributed by atoms with Gasteiger partial charge in [-0.3, -0.25) is 4.79 Å². The molecule has 2 aromatic rings. The summed E-state index contributed by atoms with van der Waals surface area (Å²) in [5, 5.41) is 2.96. The van der Waals surface area contributed by atoms with Crippen LogP contribution in [-0.4, -0.2) is 20.0 Å². The summed E-state index contributed by atoms with van der Waals surface area (Å²) < 4.78 is 0. The molecule has 0 heterocycles. The number of anilines is 2. The number of hydrogen-bond acceptors (Lipinski definition) is 3. The number of rotatable bonds is 4. The molecule has 3 N–H and O–H groups in total. The quantitative estimate of drug-likeness (QED) is 0.848. The van der Waals surface area contributed by atoms with Crippen LogP contribution in [-0.2, 0) is 6.54 Å². The summed E-state index contributed by atoms with van der Waals surface area (Å²) >= 11 is 0. The maximum Gasteiger partial charge on any atom is 0.253 e. The minimum atomic E-state index is -0.116. The molecule has 2 aromatic carbocycles. The molecule has 0 aliphatic heterocycles. The zero-order valence-corrected chi connectivity index (χ0v) is 12.7. The van der Waals surface area contributed by atoms with E-state index in [0.717, 1.165) is 11.3 Å². The summed E-state index contributed by atoms with van der Waals surface area (Å²) in [7, 11) is 3.81. The Hall–Kier alpha value is -2.49. The Morgan fingerprint density at radius 1 is 1.19 bits per heavy atom. The van der Waals surface area contributed by atoms with Crippen LogP contribution in [0, 0.1) is 6.92 Å². The van der Waals surface area contributed by atoms with Crippen molar-refractivity contribution in [1.29, 1.82) is 0 Å². The number of carbonyl (C=O) groups excluding carboxylic acids is 1. The fourth-order valence-electron chi connectivity index (χ4n) is 2.20. The van der Waals surface area contributed by atoms with Gasteiger partial charge in [0.2, 0.25) is 0 Å². The number of nitrogens with zero attached hydrogens (tertiary/aromatic N) is 1. The van der Waals surface area contributed by atoms with Gasteiger partial charge in [-0.2, -0.15) is 0 Å². The summed E-state index contributed by atoms with van der Waals surface area (Å²) in [4.78, 5) is 14.3. The molecular weight excluding hydrogens is 262 g/mol. The van der Waals surface area contributed by atoms with Crippen LogP contribution in [0.4, 0.5) is 11.4 Å². The molecule has 4 heteroatoms. The lowest BCUT2D eigenvalue weighted by atomic mass is 10.1. The highest BCUT2D eigenvalue weighted by Gasteiger charge is 2.13. The summed E-state index contributed by atoms with van der Waals surface area (Å²) in [6.45, 7) is 2.54. The van der Waals surface area contributed by atoms with E-state index in [1.807, 2.05) is 56.3 Å². The lowest BCUT2D eigenvalue weighted by Crippen LogP contribution is -2.25. The number of nitrogen functional groups attached to an aromatic ring is 1. The summed E-state index contributed by atoms with van der Waals surface area (Å²) in [6.07, 6.45) is 0. The molecule has 1 amide bonds. The maximum atomic E-state index is 12.4. The van der Waals surface area contributed by atoms with E-state index in [-0.39, 0.29) is 5.91 Å². The third kappa shape index (κ3) is 3.54. The van der Waals surface area contributed by atoms with Crippen molar-refractivity contribution in [2.45, 2.75) is 13.5 Å². The fourth-order valence-corrected chi connectivity index (χ4v) is 2.20. The Kier molecular flexibility index (Phi) is 4.48. The first-order valence-electron chi connectivity index (χ1n) is 6.88. The molecule has 0 saturated carbocycles. The van der Waals surface area contributed by atoms with Crippen LogP contribution in [0.5, 0.6) is 0 Å². The van der Waals surface area contributed by atoms with Crippen molar-refractivity contribution in [1.82, 2.24) is 5.32 Å². The Morgan fingerprint density at radius 3 is 2.57 bits per heavy atom. The third-order valence-electron chi connectivity index (χ3n) is 3.45. The van der Waals surface area contributed by atoms with Crippen LogP contribution in [0.1, 0.15) is 21.5 Å². The second kappa shape index (κ2) is 6.31. The van der Waals surface area contributed by atoms with Gasteiger partial charge in [-0.25, -0.2) is 0 Å². The number of nitrogens with two attached hydrogens (primary N) is 1. The van der Waals surface area contributed by atoms with E-state index in [1.165, 1.54) is 5.56 Å². The number of nitrogens with one attached hydrogen (secondary N) is 1. The number of hydrogen-bond donors (Lipinski definition) is 2. The van der Waals surface area contributed by atoms with Crippen molar-refractivity contribution in [3.05, 3.63) is 59.2 Å². The standard InChI is InChI=1S/C17H21N3O/c1-12-6-4-5-7-13(12)11-19-17(21)15-10-14(18)8-9-16(15)20(2)3/h4-10H,11,18H2,1-3H3,(H,19,21). The van der Waals surface area contributed by atoms with E-state index >= 15 is 0 Å². The van der Waals surface area contributed by atoms with Gasteiger partial charge >= 0.3 is 0 Å². The minimum Gasteiger partial charge on any atom is -0.399 e. The lowest BCUT2D eigenvalue weighted by Gasteiger charge is -2.18. The zero-order valence-electron chi connectivity index (χ0n) is 12.7. The monoisotopic (exact) mass is 283 g/mol. The largest absolute Gasteiger partial charge is 0.399 e. The smallest absolute Gasteiger partial charge is 0.253 e. The maximum absolute atomic E-state index is 12.4. The van der Waals surface area contributed by atoms with Gasteiger partial charge in [0.25, 0.3) is 5.91 Å². The molecule has 0 saturated heterocycles. The van der Waals surface area contributed by atoms with Crippen molar-refractivity contribution >= 4 is 17.3 Å². The number of carbonyl (C=O) groups is 1. The summed E-state index contributed by atoms with van der Waals surface area (Å²) in [6, 6.07) is 13.4. The number of benzene rings is 2. The molecule has 0 fully saturated rings. The predicted molar refractivity (Wildman–Crippen MR) is 87.5 cm³/mol. The van der Waals surface area contributed by atoms with Gasteiger partial charge in [0, 0.05) is 32.0 Å². The normalized spacial score (nSPS) is 10.2. The summed E-state index contributed by atoms with van der Waals surface area (Å²) in [5.74, 6) is -0.116. The fraction of sp³-hybridized carbons (Fsp3) is 0.235. The molecule has 0 atom stereocenters. The van der Waals surface area contributed by atoms with Gasteiger partial charge in [-0.1, -0.05) is 24.3 Å². The molecule has 0 bridgehead atoms. The topological polar surface area (TPSA) is 58.4 Å². The van der Waals surface area contributed by atoms with Crippen LogP contribution in [0.2, 0.25) is 0 Å². The SMILES string of the molecule is Cc1ccccc1CNC(=O)c1cc(N)ccc1N(C)C. The van der Waals surface area contributed by atoms with Crippen LogP contribution >= 0.6 is 0 Å². The highest BCUT2D eigenvalue weighted by Crippen LogP contribution is 2.21. The molecule has 0 aliphatic carbocycles. The zero-order chi connectivity index (χ0) is 15.4. The Bertz CT molecular complexity index is 650. The third-order valence-corrected chi connectivity index (χ3v) is 3.45. The predicted octanol–water partition coefficient (Wildman–Crippen LogP) is 2.57. The van der Waals surface area contributed by atoms with Crippen molar-refractivity contribution in [3.63, 3.8) is 0 Å². The molecule has 0 spiro atoms. The van der Waals surface area contributed by atoms with Crippen molar-refractivity contribution < 1.29 is 4.79 Å². The minimum absolute atomic E-state index is 0.116. The molecule has 0 unspecified atom stereocenters. The Morgan fingerprint density at radius 2 is 1.90 bits per heavy atom. The van der Waals surface area contributed by atoms with E-state index in [1.54, 1.807) is 12.1 Å². The average Bonchev–Trinajstić information content (AvgIpc) is 2.45. The average molecular weight is 283 g/mol. The van der Waals surface area contributed by atoms with E-state index in [9.17, 15) is 4.79 Å². The molecule has 110 valence electrons. The van der Waals surface area contributed by atoms with Crippen LogP contribution in [0.15, 0.2) is 42.5 Å². The molecule has 21 heavy (non-hydrogen) atoms. The molecule has 0 aliphatic rings. The van der Waals surface area contributed by atoms with Crippen molar-refractivity contribution in [2.75, 3.05) is 24.7 Å².